The van der Waals surface area contributed by atoms with Crippen LogP contribution in [0.1, 0.15) is 114 Å². The van der Waals surface area contributed by atoms with Crippen LogP contribution in [0.3, 0.4) is 0 Å². The quantitative estimate of drug-likeness (QED) is 0.0334. The summed E-state index contributed by atoms with van der Waals surface area (Å²) >= 11 is 0. The highest BCUT2D eigenvalue weighted by Crippen LogP contribution is 2.12. The molecule has 0 aliphatic carbocycles. The van der Waals surface area contributed by atoms with Crippen molar-refractivity contribution in [2.45, 2.75) is 144 Å². The summed E-state index contributed by atoms with van der Waals surface area (Å²) in [6.45, 7) is 19.8. The SMILES string of the molecule is CC(C)(C)OC(=O)CN(CCN(CCN(CC(=O)OC(C)(C)C)CC(=O)OC(C)(C)C)CC(=O)NCCCCCC(=O)NNC(=O)[C@@H](Cc1cnc[nH]1)NC(=O)OC(C)(C)C)CC(=O)O. The zero-order valence-electron chi connectivity index (χ0n) is 40.5. The molecule has 1 aromatic rings. The van der Waals surface area contributed by atoms with E-state index in [2.05, 4.69) is 31.5 Å². The lowest BCUT2D eigenvalue weighted by molar-refractivity contribution is -0.160. The van der Waals surface area contributed by atoms with Gasteiger partial charge in [-0.1, -0.05) is 6.42 Å². The van der Waals surface area contributed by atoms with E-state index >= 15 is 0 Å². The molecular formula is C43H75N9O13. The van der Waals surface area contributed by atoms with Gasteiger partial charge in [-0.3, -0.25) is 59.1 Å². The molecule has 65 heavy (non-hydrogen) atoms. The highest BCUT2D eigenvalue weighted by Gasteiger charge is 2.28. The molecule has 0 aromatic carbocycles. The van der Waals surface area contributed by atoms with Gasteiger partial charge < -0.3 is 39.7 Å². The Kier molecular flexibility index (Phi) is 24.1. The molecule has 0 radical (unpaired) electrons. The number of hydrazine groups is 1. The van der Waals surface area contributed by atoms with Crippen LogP contribution in [-0.4, -0.2) is 171 Å². The van der Waals surface area contributed by atoms with Crippen LogP contribution < -0.4 is 21.5 Å². The van der Waals surface area contributed by atoms with E-state index in [0.29, 0.717) is 25.0 Å². The van der Waals surface area contributed by atoms with E-state index in [-0.39, 0.29) is 77.7 Å². The van der Waals surface area contributed by atoms with Crippen molar-refractivity contribution in [2.24, 2.45) is 0 Å². The number of aromatic nitrogens is 2. The van der Waals surface area contributed by atoms with Gasteiger partial charge in [0.1, 0.15) is 28.4 Å². The summed E-state index contributed by atoms with van der Waals surface area (Å²) in [6.07, 6.45) is 3.74. The first-order valence-corrected chi connectivity index (χ1v) is 21.7. The lowest BCUT2D eigenvalue weighted by Gasteiger charge is -2.30. The Morgan fingerprint density at radius 3 is 1.54 bits per heavy atom. The largest absolute Gasteiger partial charge is 0.480 e. The van der Waals surface area contributed by atoms with E-state index in [4.69, 9.17) is 18.9 Å². The third kappa shape index (κ3) is 31.2. The summed E-state index contributed by atoms with van der Waals surface area (Å²) in [4.78, 5) is 113. The number of nitrogens with one attached hydrogen (secondary N) is 5. The fraction of sp³-hybridized carbons (Fsp3) is 0.744. The molecule has 1 rings (SSSR count). The number of esters is 3. The molecule has 4 amide bonds. The third-order valence-corrected chi connectivity index (χ3v) is 8.22. The second-order valence-corrected chi connectivity index (χ2v) is 19.5. The molecule has 0 aliphatic rings. The maximum Gasteiger partial charge on any atom is 0.408 e. The predicted octanol–water partition coefficient (Wildman–Crippen LogP) is 1.69. The van der Waals surface area contributed by atoms with Crippen LogP contribution in [0.15, 0.2) is 12.5 Å². The Hall–Kier alpha value is -5.35. The van der Waals surface area contributed by atoms with Crippen molar-refractivity contribution >= 4 is 47.7 Å². The first-order chi connectivity index (χ1) is 29.9. The fourth-order valence-corrected chi connectivity index (χ4v) is 5.75. The molecule has 370 valence electrons. The van der Waals surface area contributed by atoms with Crippen LogP contribution in [0.2, 0.25) is 0 Å². The molecule has 0 saturated heterocycles. The molecule has 1 atom stereocenters. The summed E-state index contributed by atoms with van der Waals surface area (Å²) in [7, 11) is 0. The molecule has 0 fully saturated rings. The summed E-state index contributed by atoms with van der Waals surface area (Å²) < 4.78 is 21.6. The van der Waals surface area contributed by atoms with E-state index in [1.807, 2.05) is 0 Å². The van der Waals surface area contributed by atoms with Crippen molar-refractivity contribution in [1.82, 2.24) is 46.2 Å². The van der Waals surface area contributed by atoms with E-state index in [1.165, 1.54) is 17.4 Å². The number of carboxylic acids is 1. The number of ether oxygens (including phenoxy) is 4. The molecule has 0 saturated carbocycles. The zero-order chi connectivity index (χ0) is 49.6. The number of alkyl carbamates (subject to hydrolysis) is 1. The third-order valence-electron chi connectivity index (χ3n) is 8.22. The number of carbonyl (C=O) groups is 8. The number of aliphatic carboxylic acids is 1. The lowest BCUT2D eigenvalue weighted by atomic mass is 10.1. The van der Waals surface area contributed by atoms with Crippen molar-refractivity contribution in [2.75, 3.05) is 65.4 Å². The van der Waals surface area contributed by atoms with Crippen LogP contribution in [-0.2, 0) is 58.9 Å². The number of H-pyrrole nitrogens is 1. The van der Waals surface area contributed by atoms with Crippen LogP contribution in [0.5, 0.6) is 0 Å². The Bertz CT molecular complexity index is 1670. The summed E-state index contributed by atoms with van der Waals surface area (Å²) in [6, 6.07) is -1.08. The number of nitrogens with zero attached hydrogens (tertiary/aromatic N) is 4. The highest BCUT2D eigenvalue weighted by molar-refractivity contribution is 5.88. The standard InChI is InChI=1S/C43H75N9O13/c1-40(2,3)62-35(57)26-51(25-34(55)56)20-18-50(19-21-52(27-36(58)63-41(4,5)6)28-37(59)64-42(7,8)9)24-33(54)45-17-15-13-14-16-32(53)48-49-38(60)31(22-30-23-44-29-46-30)47-39(61)65-43(10,11)12/h23,29,31H,13-22,24-28H2,1-12H3,(H,44,46)(H,45,54)(H,47,61)(H,48,53)(H,49,60)(H,55,56)/t31-/m1/s1. The molecule has 1 heterocycles. The zero-order valence-corrected chi connectivity index (χ0v) is 40.5. The minimum Gasteiger partial charge on any atom is -0.480 e. The number of carbonyl (C=O) groups excluding carboxylic acids is 7. The number of aromatic amines is 1. The van der Waals surface area contributed by atoms with E-state index < -0.39 is 76.8 Å². The van der Waals surface area contributed by atoms with Crippen LogP contribution >= 0.6 is 0 Å². The van der Waals surface area contributed by atoms with Gasteiger partial charge in [0.25, 0.3) is 5.91 Å². The summed E-state index contributed by atoms with van der Waals surface area (Å²) in [5.41, 5.74) is 2.12. The molecule has 0 spiro atoms. The molecule has 22 nitrogen and oxygen atoms in total. The van der Waals surface area contributed by atoms with Crippen molar-refractivity contribution in [3.63, 3.8) is 0 Å². The molecule has 1 aromatic heterocycles. The summed E-state index contributed by atoms with van der Waals surface area (Å²) in [5.74, 6) is -4.42. The highest BCUT2D eigenvalue weighted by atomic mass is 16.6. The molecule has 0 bridgehead atoms. The number of hydrogen-bond acceptors (Lipinski definition) is 16. The number of amides is 4. The number of hydrogen-bond donors (Lipinski definition) is 6. The van der Waals surface area contributed by atoms with Crippen LogP contribution in [0.4, 0.5) is 4.79 Å². The smallest absolute Gasteiger partial charge is 0.408 e. The van der Waals surface area contributed by atoms with Gasteiger partial charge in [0.15, 0.2) is 0 Å². The van der Waals surface area contributed by atoms with Crippen molar-refractivity contribution in [1.29, 1.82) is 0 Å². The van der Waals surface area contributed by atoms with Gasteiger partial charge in [0.05, 0.1) is 39.1 Å². The molecule has 22 heteroatoms. The van der Waals surface area contributed by atoms with Gasteiger partial charge in [-0.2, -0.15) is 0 Å². The molecule has 0 unspecified atom stereocenters. The van der Waals surface area contributed by atoms with Crippen LogP contribution in [0.25, 0.3) is 0 Å². The van der Waals surface area contributed by atoms with Crippen molar-refractivity contribution in [3.8, 4) is 0 Å². The normalized spacial score (nSPS) is 12.6. The predicted molar refractivity (Wildman–Crippen MR) is 238 cm³/mol. The van der Waals surface area contributed by atoms with E-state index in [1.54, 1.807) is 92.9 Å². The maximum absolute atomic E-state index is 13.3. The van der Waals surface area contributed by atoms with Gasteiger partial charge in [-0.15, -0.1) is 0 Å². The Balaban J connectivity index is 2.90. The average Bonchev–Trinajstić information content (AvgIpc) is 3.62. The van der Waals surface area contributed by atoms with Gasteiger partial charge in [0, 0.05) is 57.5 Å². The van der Waals surface area contributed by atoms with Crippen LogP contribution in [0, 0.1) is 0 Å². The fourth-order valence-electron chi connectivity index (χ4n) is 5.75. The molecule has 6 N–H and O–H groups in total. The van der Waals surface area contributed by atoms with Gasteiger partial charge in [-0.05, 0) is 95.9 Å². The van der Waals surface area contributed by atoms with Crippen molar-refractivity contribution < 1.29 is 62.4 Å². The maximum atomic E-state index is 13.3. The second-order valence-electron chi connectivity index (χ2n) is 19.5. The molecular weight excluding hydrogens is 851 g/mol. The molecule has 0 aliphatic heterocycles. The Labute approximate surface area is 382 Å². The van der Waals surface area contributed by atoms with Gasteiger partial charge in [-0.25, -0.2) is 9.78 Å². The number of rotatable bonds is 26. The first kappa shape index (κ1) is 57.7. The summed E-state index contributed by atoms with van der Waals surface area (Å²) in [5, 5.41) is 14.9. The minimum absolute atomic E-state index is 0.0579. The Morgan fingerprint density at radius 1 is 0.615 bits per heavy atom. The number of carboxylic acid groups (broad SMARTS) is 1. The van der Waals surface area contributed by atoms with E-state index in [0.717, 1.165) is 0 Å². The minimum atomic E-state index is -1.16. The monoisotopic (exact) mass is 926 g/mol. The van der Waals surface area contributed by atoms with E-state index in [9.17, 15) is 43.5 Å². The topological polar surface area (TPSA) is 280 Å². The number of imidazole rings is 1. The second kappa shape index (κ2) is 27.2. The Morgan fingerprint density at radius 2 is 1.09 bits per heavy atom. The van der Waals surface area contributed by atoms with Gasteiger partial charge >= 0.3 is 30.0 Å². The lowest BCUT2D eigenvalue weighted by Crippen LogP contribution is -2.53. The van der Waals surface area contributed by atoms with Gasteiger partial charge in [0.2, 0.25) is 11.8 Å². The van der Waals surface area contributed by atoms with Crippen molar-refractivity contribution in [3.05, 3.63) is 18.2 Å². The average molecular weight is 926 g/mol. The number of unbranched alkanes of at least 4 members (excludes halogenated alkanes) is 2. The first-order valence-electron chi connectivity index (χ1n) is 21.7.